The van der Waals surface area contributed by atoms with E-state index in [1.807, 2.05) is 13.8 Å². The second-order valence-electron chi connectivity index (χ2n) is 4.89. The smallest absolute Gasteiger partial charge is 0.286 e. The molecule has 132 valence electrons. The van der Waals surface area contributed by atoms with E-state index in [2.05, 4.69) is 10.6 Å². The fourth-order valence-corrected chi connectivity index (χ4v) is 2.34. The van der Waals surface area contributed by atoms with Crippen molar-refractivity contribution in [2.75, 3.05) is 11.9 Å². The number of hydrogen-bond acceptors (Lipinski definition) is 3. The first kappa shape index (κ1) is 20.0. The summed E-state index contributed by atoms with van der Waals surface area (Å²) in [6.07, 6.45) is 1.03. The number of primary amides is 1. The van der Waals surface area contributed by atoms with Crippen LogP contribution in [0.15, 0.2) is 41.2 Å². The van der Waals surface area contributed by atoms with Crippen molar-refractivity contribution in [2.24, 2.45) is 5.73 Å². The van der Waals surface area contributed by atoms with E-state index >= 15 is 0 Å². The number of rotatable bonds is 4. The number of benzene rings is 1. The summed E-state index contributed by atoms with van der Waals surface area (Å²) in [5.41, 5.74) is 1.85. The van der Waals surface area contributed by atoms with E-state index in [9.17, 15) is 18.0 Å². The first-order valence-corrected chi connectivity index (χ1v) is 7.95. The molecule has 1 aromatic rings. The van der Waals surface area contributed by atoms with Gasteiger partial charge in [-0.25, -0.2) is 4.39 Å². The Labute approximate surface area is 141 Å². The van der Waals surface area contributed by atoms with Crippen LogP contribution in [-0.4, -0.2) is 18.1 Å². The van der Waals surface area contributed by atoms with Gasteiger partial charge >= 0.3 is 0 Å². The van der Waals surface area contributed by atoms with Gasteiger partial charge in [0.05, 0.1) is 23.4 Å². The Morgan fingerprint density at radius 1 is 1.38 bits per heavy atom. The number of amides is 1. The van der Waals surface area contributed by atoms with Gasteiger partial charge in [0.2, 0.25) is 0 Å². The highest BCUT2D eigenvalue weighted by atomic mass is 31.0. The minimum absolute atomic E-state index is 0.0514. The first-order chi connectivity index (χ1) is 11.2. The minimum Gasteiger partial charge on any atom is -0.385 e. The van der Waals surface area contributed by atoms with Gasteiger partial charge in [0, 0.05) is 11.9 Å². The summed E-state index contributed by atoms with van der Waals surface area (Å²) in [5.74, 6) is -1.56. The number of alkyl halides is 2. The molecule has 0 saturated heterocycles. The number of nitrogens with one attached hydrogen (secondary N) is 2. The maximum atomic E-state index is 13.9. The Morgan fingerprint density at radius 2 is 2.00 bits per heavy atom. The summed E-state index contributed by atoms with van der Waals surface area (Å²) in [5, 5.41) is 5.29. The van der Waals surface area contributed by atoms with Gasteiger partial charge in [-0.05, 0) is 24.6 Å². The number of dihydropyridines is 1. The molecule has 1 atom stereocenters. The zero-order valence-electron chi connectivity index (χ0n) is 13.7. The average Bonchev–Trinajstić information content (AvgIpc) is 2.50. The Hall–Kier alpha value is -2.01. The van der Waals surface area contributed by atoms with Gasteiger partial charge in [-0.1, -0.05) is 29.2 Å². The predicted molar refractivity (Wildman–Crippen MR) is 93.1 cm³/mol. The molecule has 1 unspecified atom stereocenters. The zero-order chi connectivity index (χ0) is 18.5. The van der Waals surface area contributed by atoms with Crippen LogP contribution in [0, 0.1) is 12.7 Å². The Morgan fingerprint density at radius 3 is 2.50 bits per heavy atom. The standard InChI is InChI=1S/C14H15F3N3OP.C2H6/c1-7-2-3-10(9(15)4-7)20-11-6-19-5-8(14(16,17)22)12(11)13(18)21;1-2/h2-5,19-20H,6,22H2,1H3,(H2,18,21);1-2H3. The number of anilines is 1. The third kappa shape index (κ3) is 4.74. The summed E-state index contributed by atoms with van der Waals surface area (Å²) in [6, 6.07) is 4.42. The van der Waals surface area contributed by atoms with Gasteiger partial charge in [0.25, 0.3) is 11.6 Å². The van der Waals surface area contributed by atoms with Crippen molar-refractivity contribution in [3.8, 4) is 0 Å². The largest absolute Gasteiger partial charge is 0.385 e. The minimum atomic E-state index is -3.34. The fourth-order valence-electron chi connectivity index (χ4n) is 2.11. The maximum absolute atomic E-state index is 13.9. The van der Waals surface area contributed by atoms with Crippen LogP contribution in [0.5, 0.6) is 0 Å². The lowest BCUT2D eigenvalue weighted by Gasteiger charge is -2.25. The van der Waals surface area contributed by atoms with Crippen LogP contribution in [-0.2, 0) is 4.79 Å². The van der Waals surface area contributed by atoms with E-state index in [4.69, 9.17) is 5.73 Å². The van der Waals surface area contributed by atoms with E-state index < -0.39 is 23.0 Å². The van der Waals surface area contributed by atoms with Crippen molar-refractivity contribution < 1.29 is 18.0 Å². The predicted octanol–water partition coefficient (Wildman–Crippen LogP) is 3.27. The molecular weight excluding hydrogens is 338 g/mol. The average molecular weight is 359 g/mol. The summed E-state index contributed by atoms with van der Waals surface area (Å²) in [7, 11) is 1.35. The summed E-state index contributed by atoms with van der Waals surface area (Å²) in [4.78, 5) is 11.6. The Bertz CT molecular complexity index is 682. The van der Waals surface area contributed by atoms with Crippen molar-refractivity contribution in [2.45, 2.75) is 26.4 Å². The van der Waals surface area contributed by atoms with Crippen molar-refractivity contribution in [1.82, 2.24) is 5.32 Å². The molecule has 1 amide bonds. The number of carbonyl (C=O) groups excluding carboxylic acids is 1. The molecule has 1 aliphatic rings. The number of aryl methyl sites for hydroxylation is 1. The lowest BCUT2D eigenvalue weighted by Crippen LogP contribution is -2.33. The van der Waals surface area contributed by atoms with Gasteiger partial charge in [-0.3, -0.25) is 4.79 Å². The second kappa shape index (κ2) is 8.20. The Kier molecular flexibility index (Phi) is 6.84. The van der Waals surface area contributed by atoms with Gasteiger partial charge in [0.15, 0.2) is 0 Å². The van der Waals surface area contributed by atoms with Crippen LogP contribution in [0.4, 0.5) is 18.9 Å². The van der Waals surface area contributed by atoms with Gasteiger partial charge in [-0.15, -0.1) is 0 Å². The number of hydrogen-bond donors (Lipinski definition) is 3. The number of halogens is 3. The molecule has 0 aromatic heterocycles. The molecule has 0 fully saturated rings. The van der Waals surface area contributed by atoms with E-state index in [1.165, 1.54) is 21.4 Å². The van der Waals surface area contributed by atoms with Crippen LogP contribution in [0.3, 0.4) is 0 Å². The lowest BCUT2D eigenvalue weighted by atomic mass is 10.0. The fraction of sp³-hybridized carbons (Fsp3) is 0.312. The van der Waals surface area contributed by atoms with Crippen LogP contribution < -0.4 is 16.4 Å². The van der Waals surface area contributed by atoms with Crippen molar-refractivity contribution in [1.29, 1.82) is 0 Å². The number of nitrogens with two attached hydrogens (primary N) is 1. The van der Waals surface area contributed by atoms with E-state index in [0.717, 1.165) is 6.20 Å². The summed E-state index contributed by atoms with van der Waals surface area (Å²) < 4.78 is 41.0. The van der Waals surface area contributed by atoms with Crippen LogP contribution in [0.1, 0.15) is 19.4 Å². The molecule has 0 aliphatic carbocycles. The normalized spacial score (nSPS) is 14.2. The van der Waals surface area contributed by atoms with Crippen molar-refractivity contribution in [3.05, 3.63) is 52.6 Å². The maximum Gasteiger partial charge on any atom is 0.286 e. The van der Waals surface area contributed by atoms with Crippen molar-refractivity contribution >= 4 is 20.8 Å². The van der Waals surface area contributed by atoms with Gasteiger partial charge < -0.3 is 16.4 Å². The molecule has 4 N–H and O–H groups in total. The SMILES string of the molecule is CC.Cc1ccc(NC2=C(C(N)=O)C(C(F)(F)P)=CNC2)c(F)c1. The zero-order valence-corrected chi connectivity index (χ0v) is 14.9. The Balaban J connectivity index is 0.00000139. The van der Waals surface area contributed by atoms with Crippen molar-refractivity contribution in [3.63, 3.8) is 0 Å². The van der Waals surface area contributed by atoms with Crippen LogP contribution in [0.2, 0.25) is 0 Å². The van der Waals surface area contributed by atoms with Crippen LogP contribution >= 0.6 is 9.24 Å². The molecule has 8 heteroatoms. The highest BCUT2D eigenvalue weighted by molar-refractivity contribution is 7.18. The lowest BCUT2D eigenvalue weighted by molar-refractivity contribution is -0.114. The molecule has 1 aliphatic heterocycles. The molecule has 2 rings (SSSR count). The molecule has 1 aromatic carbocycles. The summed E-state index contributed by atoms with van der Waals surface area (Å²) >= 11 is 0. The quantitative estimate of drug-likeness (QED) is 0.723. The number of carbonyl (C=O) groups is 1. The molecule has 4 nitrogen and oxygen atoms in total. The highest BCUT2D eigenvalue weighted by Crippen LogP contribution is 2.37. The topological polar surface area (TPSA) is 67.1 Å². The van der Waals surface area contributed by atoms with Gasteiger partial charge in [0.1, 0.15) is 5.82 Å². The first-order valence-electron chi connectivity index (χ1n) is 7.37. The van der Waals surface area contributed by atoms with E-state index in [-0.39, 0.29) is 23.5 Å². The molecule has 0 bridgehead atoms. The van der Waals surface area contributed by atoms with E-state index in [0.29, 0.717) is 5.56 Å². The molecule has 0 spiro atoms. The van der Waals surface area contributed by atoms with E-state index in [1.54, 1.807) is 13.0 Å². The highest BCUT2D eigenvalue weighted by Gasteiger charge is 2.36. The molecule has 24 heavy (non-hydrogen) atoms. The molecular formula is C16H21F3N3OP. The van der Waals surface area contributed by atoms with Gasteiger partial charge in [-0.2, -0.15) is 8.78 Å². The molecule has 0 saturated carbocycles. The molecule has 0 radical (unpaired) electrons. The summed E-state index contributed by atoms with van der Waals surface area (Å²) in [6.45, 7) is 5.77. The van der Waals surface area contributed by atoms with Crippen LogP contribution in [0.25, 0.3) is 0 Å². The third-order valence-electron chi connectivity index (χ3n) is 3.11. The monoisotopic (exact) mass is 359 g/mol. The molecule has 1 heterocycles. The second-order valence-corrected chi connectivity index (χ2v) is 5.61. The third-order valence-corrected chi connectivity index (χ3v) is 3.42.